The number of benzene rings is 4. The van der Waals surface area contributed by atoms with Gasteiger partial charge in [-0.15, -0.1) is 0 Å². The Bertz CT molecular complexity index is 1980. The Balaban J connectivity index is 0.000000188. The second-order valence-electron chi connectivity index (χ2n) is 11.6. The van der Waals surface area contributed by atoms with Crippen molar-refractivity contribution in [2.75, 3.05) is 6.54 Å². The summed E-state index contributed by atoms with van der Waals surface area (Å²) in [6.07, 6.45) is 3.96. The van der Waals surface area contributed by atoms with Crippen LogP contribution in [0.25, 0.3) is 22.3 Å². The first-order valence-corrected chi connectivity index (χ1v) is 16.1. The van der Waals surface area contributed by atoms with E-state index in [1.54, 1.807) is 48.8 Å². The molecule has 0 fully saturated rings. The number of aromatic amines is 2. The molecule has 8 nitrogen and oxygen atoms in total. The molecular weight excluding hydrogens is 643 g/mol. The summed E-state index contributed by atoms with van der Waals surface area (Å²) >= 11 is 11.9. The highest BCUT2D eigenvalue weighted by Crippen LogP contribution is 2.36. The minimum Gasteiger partial charge on any atom is -0.380 e. The van der Waals surface area contributed by atoms with E-state index in [0.717, 1.165) is 44.8 Å². The number of aromatic nitrogens is 4. The maximum absolute atomic E-state index is 11.3. The minimum absolute atomic E-state index is 0.0429. The molecule has 10 heteroatoms. The van der Waals surface area contributed by atoms with Crippen LogP contribution in [0.3, 0.4) is 0 Å². The van der Waals surface area contributed by atoms with E-state index < -0.39 is 11.2 Å². The smallest absolute Gasteiger partial charge is 0.128 e. The molecule has 0 bridgehead atoms. The fourth-order valence-corrected chi connectivity index (χ4v) is 5.99. The van der Waals surface area contributed by atoms with Crippen LogP contribution in [0.1, 0.15) is 46.5 Å². The molecule has 0 spiro atoms. The monoisotopic (exact) mass is 678 g/mol. The second-order valence-corrected chi connectivity index (χ2v) is 12.5. The number of aryl methyl sites for hydroxylation is 2. The molecule has 0 radical (unpaired) electrons. The van der Waals surface area contributed by atoms with Crippen LogP contribution in [0, 0.1) is 25.2 Å². The van der Waals surface area contributed by atoms with Crippen molar-refractivity contribution in [1.29, 1.82) is 5.26 Å². The largest absolute Gasteiger partial charge is 0.380 e. The van der Waals surface area contributed by atoms with Gasteiger partial charge in [-0.25, -0.2) is 0 Å². The molecule has 6 rings (SSSR count). The molecule has 2 atom stereocenters. The Labute approximate surface area is 289 Å². The van der Waals surface area contributed by atoms with E-state index >= 15 is 0 Å². The van der Waals surface area contributed by atoms with Crippen molar-refractivity contribution < 1.29 is 10.2 Å². The molecule has 48 heavy (non-hydrogen) atoms. The van der Waals surface area contributed by atoms with Crippen LogP contribution in [-0.4, -0.2) is 37.2 Å². The third-order valence-corrected chi connectivity index (χ3v) is 9.00. The average Bonchev–Trinajstić information content (AvgIpc) is 3.73. The molecule has 2 aromatic heterocycles. The third-order valence-electron chi connectivity index (χ3n) is 8.49. The van der Waals surface area contributed by atoms with E-state index in [4.69, 9.17) is 28.9 Å². The number of aliphatic hydroxyl groups is 2. The lowest BCUT2D eigenvalue weighted by atomic mass is 9.83. The van der Waals surface area contributed by atoms with Gasteiger partial charge in [-0.3, -0.25) is 10.2 Å². The topological polar surface area (TPSA) is 148 Å². The minimum atomic E-state index is -1.37. The van der Waals surface area contributed by atoms with Crippen LogP contribution < -0.4 is 5.73 Å². The van der Waals surface area contributed by atoms with Crippen LogP contribution >= 0.6 is 23.2 Å². The van der Waals surface area contributed by atoms with Gasteiger partial charge in [0.2, 0.25) is 0 Å². The van der Waals surface area contributed by atoms with E-state index in [0.29, 0.717) is 34.1 Å². The summed E-state index contributed by atoms with van der Waals surface area (Å²) < 4.78 is 0. The maximum atomic E-state index is 11.3. The molecule has 0 saturated heterocycles. The Morgan fingerprint density at radius 1 is 0.646 bits per heavy atom. The highest BCUT2D eigenvalue weighted by Gasteiger charge is 2.32. The normalized spacial score (nSPS) is 13.5. The van der Waals surface area contributed by atoms with Crippen LogP contribution in [0.4, 0.5) is 0 Å². The van der Waals surface area contributed by atoms with Crippen LogP contribution in [0.5, 0.6) is 0 Å². The molecule has 0 saturated carbocycles. The van der Waals surface area contributed by atoms with E-state index in [9.17, 15) is 15.5 Å². The summed E-state index contributed by atoms with van der Waals surface area (Å²) in [5.41, 5.74) is 12.2. The molecule has 4 aromatic carbocycles. The van der Waals surface area contributed by atoms with E-state index in [1.807, 2.05) is 74.5 Å². The fraction of sp³-hybridized carbons (Fsp3) is 0.184. The molecule has 0 aliphatic heterocycles. The van der Waals surface area contributed by atoms with Crippen LogP contribution in [0.2, 0.25) is 10.0 Å². The molecule has 2 heterocycles. The molecule has 2 unspecified atom stereocenters. The van der Waals surface area contributed by atoms with Gasteiger partial charge < -0.3 is 15.9 Å². The lowest BCUT2D eigenvalue weighted by molar-refractivity contribution is 0.0737. The number of halogens is 2. The van der Waals surface area contributed by atoms with Crippen molar-refractivity contribution in [3.8, 4) is 28.3 Å². The molecule has 0 amide bonds. The van der Waals surface area contributed by atoms with E-state index in [-0.39, 0.29) is 6.42 Å². The van der Waals surface area contributed by atoms with Crippen molar-refractivity contribution in [3.05, 3.63) is 153 Å². The third kappa shape index (κ3) is 7.37. The van der Waals surface area contributed by atoms with Crippen LogP contribution in [0.15, 0.2) is 109 Å². The van der Waals surface area contributed by atoms with Gasteiger partial charge >= 0.3 is 0 Å². The maximum Gasteiger partial charge on any atom is 0.128 e. The zero-order valence-electron chi connectivity index (χ0n) is 26.6. The quantitative estimate of drug-likeness (QED) is 0.105. The van der Waals surface area contributed by atoms with Crippen molar-refractivity contribution >= 4 is 23.2 Å². The van der Waals surface area contributed by atoms with Crippen molar-refractivity contribution in [1.82, 2.24) is 20.4 Å². The summed E-state index contributed by atoms with van der Waals surface area (Å²) in [7, 11) is 0. The summed E-state index contributed by atoms with van der Waals surface area (Å²) in [6, 6.07) is 31.6. The van der Waals surface area contributed by atoms with Gasteiger partial charge in [0.05, 0.1) is 24.9 Å². The van der Waals surface area contributed by atoms with Gasteiger partial charge in [-0.2, -0.15) is 15.5 Å². The van der Waals surface area contributed by atoms with Crippen LogP contribution in [-0.2, 0) is 11.2 Å². The molecule has 6 N–H and O–H groups in total. The van der Waals surface area contributed by atoms with E-state index in [1.165, 1.54) is 0 Å². The predicted molar refractivity (Wildman–Crippen MR) is 190 cm³/mol. The van der Waals surface area contributed by atoms with Gasteiger partial charge in [0.15, 0.2) is 0 Å². The summed E-state index contributed by atoms with van der Waals surface area (Å²) in [5, 5.41) is 46.7. The summed E-state index contributed by atoms with van der Waals surface area (Å²) in [6.45, 7) is 4.31. The van der Waals surface area contributed by atoms with Crippen molar-refractivity contribution in [2.24, 2.45) is 5.73 Å². The molecule has 244 valence electrons. The Morgan fingerprint density at radius 2 is 1.00 bits per heavy atom. The predicted octanol–water partition coefficient (Wildman–Crippen LogP) is 7.81. The Morgan fingerprint density at radius 3 is 1.31 bits per heavy atom. The lowest BCUT2D eigenvalue weighted by Crippen LogP contribution is -2.30. The number of H-pyrrole nitrogens is 2. The van der Waals surface area contributed by atoms with Crippen molar-refractivity contribution in [3.63, 3.8) is 0 Å². The highest BCUT2D eigenvalue weighted by atomic mass is 35.5. The zero-order valence-corrected chi connectivity index (χ0v) is 28.1. The fourth-order valence-electron chi connectivity index (χ4n) is 5.74. The standard InChI is InChI=1S/C19H20ClN3O.C19H16ClN3O/c2*1-13-18(12-22-23-13)14-2-4-15(5-3-14)19(24,10-11-21)16-6-8-17(20)9-7-16/h2-9,12,24H,10-11,21H2,1H3,(H,22,23);2-9,12,24H,10H2,1H3,(H,22,23). The molecule has 0 aliphatic rings. The van der Waals surface area contributed by atoms with Gasteiger partial charge in [0.1, 0.15) is 11.2 Å². The average molecular weight is 680 g/mol. The lowest BCUT2D eigenvalue weighted by Gasteiger charge is -2.29. The van der Waals surface area contributed by atoms with Gasteiger partial charge in [-0.1, -0.05) is 96.0 Å². The molecule has 6 aromatic rings. The number of nitrogens with one attached hydrogen (secondary N) is 2. The zero-order chi connectivity index (χ0) is 34.3. The van der Waals surface area contributed by atoms with Gasteiger partial charge in [0, 0.05) is 32.6 Å². The number of nitrogens with two attached hydrogens (primary N) is 1. The number of nitrogens with zero attached hydrogens (tertiary/aromatic N) is 3. The first-order chi connectivity index (χ1) is 23.1. The van der Waals surface area contributed by atoms with Crippen molar-refractivity contribution in [2.45, 2.75) is 37.9 Å². The number of hydrogen-bond donors (Lipinski definition) is 5. The Kier molecular flexibility index (Phi) is 10.8. The Hall–Kier alpha value is -4.75. The summed E-state index contributed by atoms with van der Waals surface area (Å²) in [5.74, 6) is 0. The first-order valence-electron chi connectivity index (χ1n) is 15.3. The number of nitriles is 1. The van der Waals surface area contributed by atoms with Gasteiger partial charge in [-0.05, 0) is 84.5 Å². The summed E-state index contributed by atoms with van der Waals surface area (Å²) in [4.78, 5) is 0. The molecule has 0 aliphatic carbocycles. The highest BCUT2D eigenvalue weighted by molar-refractivity contribution is 6.30. The second kappa shape index (κ2) is 15.0. The van der Waals surface area contributed by atoms with Gasteiger partial charge in [0.25, 0.3) is 0 Å². The first kappa shape index (κ1) is 34.6. The number of hydrogen-bond acceptors (Lipinski definition) is 6. The number of rotatable bonds is 9. The SMILES string of the molecule is Cc1[nH]ncc1-c1ccc(C(O)(CC#N)c2ccc(Cl)cc2)cc1.Cc1[nH]ncc1-c1ccc(C(O)(CCN)c2ccc(Cl)cc2)cc1. The molecular formula is C38H36Cl2N6O2. The van der Waals surface area contributed by atoms with E-state index in [2.05, 4.69) is 26.5 Å².